The quantitative estimate of drug-likeness (QED) is 0.157. The Morgan fingerprint density at radius 1 is 0.898 bits per heavy atom. The number of halogens is 1. The van der Waals surface area contributed by atoms with E-state index in [9.17, 15) is 14.4 Å². The number of carbonyl (C=O) groups excluding carboxylic acids is 3. The van der Waals surface area contributed by atoms with Crippen LogP contribution in [0.2, 0.25) is 0 Å². The molecule has 0 radical (unpaired) electrons. The lowest BCUT2D eigenvalue weighted by molar-refractivity contribution is -0.132. The smallest absolute Gasteiger partial charge is 0.259 e. The van der Waals surface area contributed by atoms with Gasteiger partial charge in [0.25, 0.3) is 11.8 Å². The highest BCUT2D eigenvalue weighted by Crippen LogP contribution is 2.32. The summed E-state index contributed by atoms with van der Waals surface area (Å²) in [5, 5.41) is 2.88. The van der Waals surface area contributed by atoms with Crippen LogP contribution in [0, 0.1) is 12.8 Å². The Balaban J connectivity index is 0.00000650. The minimum absolute atomic E-state index is 0. The van der Waals surface area contributed by atoms with Crippen LogP contribution in [0.3, 0.4) is 0 Å². The number of anilines is 2. The van der Waals surface area contributed by atoms with Gasteiger partial charge in [-0.25, -0.2) is 0 Å². The number of carbonyl (C=O) groups is 3. The third-order valence-electron chi connectivity index (χ3n) is 8.64. The number of benzene rings is 3. The minimum Gasteiger partial charge on any atom is -0.495 e. The van der Waals surface area contributed by atoms with Crippen molar-refractivity contribution in [1.29, 1.82) is 0 Å². The maximum absolute atomic E-state index is 13.7. The molecule has 3 aromatic rings. The average Bonchev–Trinajstić information content (AvgIpc) is 3.09. The molecule has 1 aliphatic heterocycles. The second-order valence-corrected chi connectivity index (χ2v) is 12.4. The maximum atomic E-state index is 13.7. The van der Waals surface area contributed by atoms with Crippen LogP contribution in [0.15, 0.2) is 60.7 Å². The number of nitrogens with two attached hydrogens (primary N) is 1. The standard InChI is InChI=1S/C38H50N4O6.ClH/c1-27-18-21-42(22-19-27)36(43)13-6-5-9-23-48-35-25-28(2)14-17-32(35)41(3)38(45)29-15-16-31(34(26-29)46-4)40-37(44)30-11-7-8-12-33(30)47-24-10-20-39;/h7-8,11-12,14-17,25-27H,5-6,9-10,13,18-24,39H2,1-4H3,(H,40,44);1H. The van der Waals surface area contributed by atoms with Crippen LogP contribution >= 0.6 is 12.4 Å². The van der Waals surface area contributed by atoms with Gasteiger partial charge in [-0.1, -0.05) is 25.1 Å². The minimum atomic E-state index is -0.363. The first-order valence-electron chi connectivity index (χ1n) is 16.9. The molecule has 0 bridgehead atoms. The summed E-state index contributed by atoms with van der Waals surface area (Å²) in [5.74, 6) is 1.76. The molecule has 4 rings (SSSR count). The Labute approximate surface area is 296 Å². The normalized spacial score (nSPS) is 12.9. The van der Waals surface area contributed by atoms with Gasteiger partial charge in [0.15, 0.2) is 0 Å². The van der Waals surface area contributed by atoms with E-state index in [1.165, 1.54) is 7.11 Å². The fraction of sp³-hybridized carbons (Fsp3) is 0.447. The zero-order chi connectivity index (χ0) is 34.5. The third-order valence-corrected chi connectivity index (χ3v) is 8.64. The van der Waals surface area contributed by atoms with E-state index in [4.69, 9.17) is 19.9 Å². The molecule has 1 aliphatic rings. The molecule has 10 nitrogen and oxygen atoms in total. The summed E-state index contributed by atoms with van der Waals surface area (Å²) in [7, 11) is 3.19. The van der Waals surface area contributed by atoms with Crippen LogP contribution in [-0.2, 0) is 4.79 Å². The first-order valence-corrected chi connectivity index (χ1v) is 16.9. The van der Waals surface area contributed by atoms with Gasteiger partial charge in [0.05, 0.1) is 37.3 Å². The van der Waals surface area contributed by atoms with E-state index >= 15 is 0 Å². The van der Waals surface area contributed by atoms with E-state index in [0.29, 0.717) is 78.3 Å². The first-order chi connectivity index (χ1) is 23.2. The monoisotopic (exact) mass is 694 g/mol. The first kappa shape index (κ1) is 39.2. The van der Waals surface area contributed by atoms with E-state index in [2.05, 4.69) is 12.2 Å². The molecule has 3 aromatic carbocycles. The summed E-state index contributed by atoms with van der Waals surface area (Å²) >= 11 is 0. The summed E-state index contributed by atoms with van der Waals surface area (Å²) in [4.78, 5) is 42.9. The molecule has 1 heterocycles. The molecule has 0 unspecified atom stereocenters. The Kier molecular flexibility index (Phi) is 15.7. The SMILES string of the molecule is COc1cc(C(=O)N(C)c2ccc(C)cc2OCCCCCC(=O)N2CCC(C)CC2)ccc1NC(=O)c1ccccc1OCCCN.Cl. The number of unbranched alkanes of at least 4 members (excludes halogenated alkanes) is 2. The highest BCUT2D eigenvalue weighted by atomic mass is 35.5. The van der Waals surface area contributed by atoms with Gasteiger partial charge in [0.2, 0.25) is 5.91 Å². The average molecular weight is 695 g/mol. The van der Waals surface area contributed by atoms with Crippen molar-refractivity contribution in [2.45, 2.75) is 58.8 Å². The van der Waals surface area contributed by atoms with Crippen molar-refractivity contribution >= 4 is 41.5 Å². The number of nitrogens with one attached hydrogen (secondary N) is 1. The van der Waals surface area contributed by atoms with Gasteiger partial charge >= 0.3 is 0 Å². The van der Waals surface area contributed by atoms with Crippen LogP contribution in [0.5, 0.6) is 17.2 Å². The fourth-order valence-corrected chi connectivity index (χ4v) is 5.63. The van der Waals surface area contributed by atoms with E-state index in [0.717, 1.165) is 50.8 Å². The van der Waals surface area contributed by atoms with Crippen molar-refractivity contribution in [3.05, 3.63) is 77.4 Å². The zero-order valence-electron chi connectivity index (χ0n) is 29.2. The second-order valence-electron chi connectivity index (χ2n) is 12.4. The molecule has 1 saturated heterocycles. The Hall–Kier alpha value is -4.28. The largest absolute Gasteiger partial charge is 0.495 e. The molecule has 0 aromatic heterocycles. The van der Waals surface area contributed by atoms with Crippen LogP contribution in [-0.4, -0.2) is 69.6 Å². The number of amides is 3. The van der Waals surface area contributed by atoms with Crippen molar-refractivity contribution in [2.75, 3.05) is 57.2 Å². The molecule has 11 heteroatoms. The molecule has 0 aliphatic carbocycles. The van der Waals surface area contributed by atoms with Crippen molar-refractivity contribution in [3.63, 3.8) is 0 Å². The number of likely N-dealkylation sites (tertiary alicyclic amines) is 1. The molecular formula is C38H51ClN4O6. The highest BCUT2D eigenvalue weighted by Gasteiger charge is 2.22. The van der Waals surface area contributed by atoms with Crippen LogP contribution in [0.25, 0.3) is 0 Å². The number of para-hydroxylation sites is 1. The molecule has 0 atom stereocenters. The lowest BCUT2D eigenvalue weighted by Gasteiger charge is -2.30. The fourth-order valence-electron chi connectivity index (χ4n) is 5.63. The summed E-state index contributed by atoms with van der Waals surface area (Å²) in [5.41, 5.74) is 8.41. The number of nitrogens with zero attached hydrogens (tertiary/aromatic N) is 2. The lowest BCUT2D eigenvalue weighted by atomic mass is 9.99. The summed E-state index contributed by atoms with van der Waals surface area (Å²) in [6.45, 7) is 7.36. The van der Waals surface area contributed by atoms with Gasteiger partial charge in [-0.3, -0.25) is 14.4 Å². The van der Waals surface area contributed by atoms with Crippen LogP contribution in [0.1, 0.15) is 78.1 Å². The molecule has 49 heavy (non-hydrogen) atoms. The summed E-state index contributed by atoms with van der Waals surface area (Å²) in [6, 6.07) is 17.7. The van der Waals surface area contributed by atoms with Gasteiger partial charge < -0.3 is 35.1 Å². The number of rotatable bonds is 16. The molecular weight excluding hydrogens is 644 g/mol. The predicted molar refractivity (Wildman–Crippen MR) is 197 cm³/mol. The van der Waals surface area contributed by atoms with E-state index in [1.54, 1.807) is 54.4 Å². The molecule has 0 spiro atoms. The Morgan fingerprint density at radius 2 is 1.61 bits per heavy atom. The maximum Gasteiger partial charge on any atom is 0.259 e. The van der Waals surface area contributed by atoms with Gasteiger partial charge in [-0.05, 0) is 106 Å². The van der Waals surface area contributed by atoms with Gasteiger partial charge in [0, 0.05) is 32.1 Å². The van der Waals surface area contributed by atoms with Crippen molar-refractivity contribution in [3.8, 4) is 17.2 Å². The highest BCUT2D eigenvalue weighted by molar-refractivity contribution is 6.09. The van der Waals surface area contributed by atoms with Gasteiger partial charge in [0.1, 0.15) is 17.2 Å². The summed E-state index contributed by atoms with van der Waals surface area (Å²) in [6.07, 6.45) is 5.96. The van der Waals surface area contributed by atoms with Crippen molar-refractivity contribution in [2.24, 2.45) is 11.7 Å². The lowest BCUT2D eigenvalue weighted by Crippen LogP contribution is -2.37. The second kappa shape index (κ2) is 19.7. The van der Waals surface area contributed by atoms with E-state index in [1.807, 2.05) is 30.0 Å². The Morgan fingerprint density at radius 3 is 2.35 bits per heavy atom. The van der Waals surface area contributed by atoms with Crippen LogP contribution in [0.4, 0.5) is 11.4 Å². The van der Waals surface area contributed by atoms with E-state index < -0.39 is 0 Å². The van der Waals surface area contributed by atoms with Crippen molar-refractivity contribution < 1.29 is 28.6 Å². The topological polar surface area (TPSA) is 123 Å². The number of ether oxygens (including phenoxy) is 3. The molecule has 1 fully saturated rings. The number of piperidine rings is 1. The molecule has 3 N–H and O–H groups in total. The molecule has 3 amide bonds. The van der Waals surface area contributed by atoms with Gasteiger partial charge in [-0.15, -0.1) is 12.4 Å². The molecule has 266 valence electrons. The number of methoxy groups -OCH3 is 1. The van der Waals surface area contributed by atoms with E-state index in [-0.39, 0.29) is 30.1 Å². The Bertz CT molecular complexity index is 1540. The molecule has 0 saturated carbocycles. The van der Waals surface area contributed by atoms with Gasteiger partial charge in [-0.2, -0.15) is 0 Å². The van der Waals surface area contributed by atoms with Crippen LogP contribution < -0.4 is 30.2 Å². The third kappa shape index (κ3) is 11.1. The number of aryl methyl sites for hydroxylation is 1. The van der Waals surface area contributed by atoms with Crippen molar-refractivity contribution in [1.82, 2.24) is 4.90 Å². The number of hydrogen-bond donors (Lipinski definition) is 2. The predicted octanol–water partition coefficient (Wildman–Crippen LogP) is 6.88. The zero-order valence-corrected chi connectivity index (χ0v) is 30.0. The number of hydrogen-bond acceptors (Lipinski definition) is 7. The summed E-state index contributed by atoms with van der Waals surface area (Å²) < 4.78 is 17.5.